The van der Waals surface area contributed by atoms with Crippen molar-refractivity contribution in [3.63, 3.8) is 0 Å². The molecule has 0 aromatic heterocycles. The van der Waals surface area contributed by atoms with Crippen LogP contribution in [0.3, 0.4) is 0 Å². The standard InChI is InChI=1S/C13H24N2O/c1-9(2)6-12-14-8-13(16)15(12)11-5-4-10(3)7-11/h9-12,14H,4-8H2,1-3H3. The normalized spacial score (nSPS) is 35.4. The van der Waals surface area contributed by atoms with E-state index in [4.69, 9.17) is 0 Å². The summed E-state index contributed by atoms with van der Waals surface area (Å²) in [4.78, 5) is 14.1. The summed E-state index contributed by atoms with van der Waals surface area (Å²) in [6, 6.07) is 0.501. The van der Waals surface area contributed by atoms with Crippen molar-refractivity contribution in [2.75, 3.05) is 6.54 Å². The summed E-state index contributed by atoms with van der Waals surface area (Å²) in [6.45, 7) is 7.29. The van der Waals surface area contributed by atoms with E-state index in [1.54, 1.807) is 0 Å². The lowest BCUT2D eigenvalue weighted by molar-refractivity contribution is -0.130. The van der Waals surface area contributed by atoms with Crippen molar-refractivity contribution in [2.45, 2.75) is 58.7 Å². The van der Waals surface area contributed by atoms with Crippen molar-refractivity contribution in [3.05, 3.63) is 0 Å². The van der Waals surface area contributed by atoms with Crippen molar-refractivity contribution in [3.8, 4) is 0 Å². The van der Waals surface area contributed by atoms with Gasteiger partial charge < -0.3 is 4.90 Å². The molecule has 1 heterocycles. The highest BCUT2D eigenvalue weighted by Crippen LogP contribution is 2.31. The fourth-order valence-corrected chi connectivity index (χ4v) is 3.10. The summed E-state index contributed by atoms with van der Waals surface area (Å²) in [6.07, 6.45) is 5.05. The van der Waals surface area contributed by atoms with Crippen molar-refractivity contribution in [1.29, 1.82) is 0 Å². The Morgan fingerprint density at radius 2 is 2.19 bits per heavy atom. The molecule has 1 aliphatic heterocycles. The van der Waals surface area contributed by atoms with E-state index in [0.29, 0.717) is 30.6 Å². The largest absolute Gasteiger partial charge is 0.323 e. The van der Waals surface area contributed by atoms with E-state index in [2.05, 4.69) is 31.0 Å². The van der Waals surface area contributed by atoms with Gasteiger partial charge >= 0.3 is 0 Å². The quantitative estimate of drug-likeness (QED) is 0.795. The predicted molar refractivity (Wildman–Crippen MR) is 64.9 cm³/mol. The second-order valence-corrected chi connectivity index (χ2v) is 5.90. The molecule has 2 aliphatic rings. The second-order valence-electron chi connectivity index (χ2n) is 5.90. The molecule has 0 spiro atoms. The number of nitrogens with zero attached hydrogens (tertiary/aromatic N) is 1. The van der Waals surface area contributed by atoms with Crippen molar-refractivity contribution >= 4 is 5.91 Å². The molecule has 3 heteroatoms. The maximum absolute atomic E-state index is 11.9. The number of rotatable bonds is 3. The first-order chi connectivity index (χ1) is 7.58. The van der Waals surface area contributed by atoms with E-state index < -0.39 is 0 Å². The molecule has 0 aromatic rings. The second kappa shape index (κ2) is 4.74. The maximum Gasteiger partial charge on any atom is 0.238 e. The molecule has 2 rings (SSSR count). The SMILES string of the molecule is CC(C)CC1NCC(=O)N1C1CCC(C)C1. The Balaban J connectivity index is 2.01. The average Bonchev–Trinajstić information content (AvgIpc) is 2.73. The lowest BCUT2D eigenvalue weighted by atomic mass is 10.1. The minimum Gasteiger partial charge on any atom is -0.323 e. The van der Waals surface area contributed by atoms with Gasteiger partial charge in [-0.25, -0.2) is 0 Å². The van der Waals surface area contributed by atoms with Crippen LogP contribution in [0.15, 0.2) is 0 Å². The van der Waals surface area contributed by atoms with Crippen molar-refractivity contribution in [2.24, 2.45) is 11.8 Å². The van der Waals surface area contributed by atoms with Crippen LogP contribution in [0.2, 0.25) is 0 Å². The number of hydrogen-bond acceptors (Lipinski definition) is 2. The fourth-order valence-electron chi connectivity index (χ4n) is 3.10. The lowest BCUT2D eigenvalue weighted by Gasteiger charge is -2.31. The highest BCUT2D eigenvalue weighted by Gasteiger charge is 2.38. The predicted octanol–water partition coefficient (Wildman–Crippen LogP) is 1.98. The summed E-state index contributed by atoms with van der Waals surface area (Å²) in [5, 5.41) is 3.36. The van der Waals surface area contributed by atoms with Gasteiger partial charge in [-0.1, -0.05) is 20.8 Å². The lowest BCUT2D eigenvalue weighted by Crippen LogP contribution is -2.44. The molecule has 0 bridgehead atoms. The topological polar surface area (TPSA) is 32.3 Å². The Morgan fingerprint density at radius 1 is 1.44 bits per heavy atom. The van der Waals surface area contributed by atoms with Crippen LogP contribution in [0.25, 0.3) is 0 Å². The Labute approximate surface area is 98.6 Å². The Bertz CT molecular complexity index is 265. The van der Waals surface area contributed by atoms with Crippen LogP contribution in [-0.2, 0) is 4.79 Å². The Kier molecular flexibility index (Phi) is 3.53. The van der Waals surface area contributed by atoms with Gasteiger partial charge in [-0.3, -0.25) is 10.1 Å². The molecule has 1 aliphatic carbocycles. The molecule has 1 N–H and O–H groups in total. The molecular weight excluding hydrogens is 200 g/mol. The summed E-state index contributed by atoms with van der Waals surface area (Å²) < 4.78 is 0. The van der Waals surface area contributed by atoms with Crippen LogP contribution in [0.4, 0.5) is 0 Å². The van der Waals surface area contributed by atoms with Crippen LogP contribution in [0, 0.1) is 11.8 Å². The number of carbonyl (C=O) groups excluding carboxylic acids is 1. The number of carbonyl (C=O) groups is 1. The minimum atomic E-state index is 0.294. The molecule has 1 saturated heterocycles. The van der Waals surface area contributed by atoms with Crippen LogP contribution in [-0.4, -0.2) is 29.6 Å². The first-order valence-electron chi connectivity index (χ1n) is 6.62. The van der Waals surface area contributed by atoms with Gasteiger partial charge in [0.05, 0.1) is 12.7 Å². The van der Waals surface area contributed by atoms with E-state index >= 15 is 0 Å². The number of nitrogens with one attached hydrogen (secondary N) is 1. The fraction of sp³-hybridized carbons (Fsp3) is 0.923. The smallest absolute Gasteiger partial charge is 0.238 e. The third-order valence-electron chi connectivity index (χ3n) is 3.87. The third-order valence-corrected chi connectivity index (χ3v) is 3.87. The molecule has 1 saturated carbocycles. The summed E-state index contributed by atoms with van der Waals surface area (Å²) in [5.41, 5.74) is 0. The third kappa shape index (κ3) is 2.40. The zero-order chi connectivity index (χ0) is 11.7. The van der Waals surface area contributed by atoms with Gasteiger partial charge in [-0.2, -0.15) is 0 Å². The number of amides is 1. The van der Waals surface area contributed by atoms with Gasteiger partial charge in [0, 0.05) is 6.04 Å². The van der Waals surface area contributed by atoms with Gasteiger partial charge in [0.1, 0.15) is 0 Å². The molecule has 3 atom stereocenters. The van der Waals surface area contributed by atoms with Crippen molar-refractivity contribution in [1.82, 2.24) is 10.2 Å². The first-order valence-corrected chi connectivity index (χ1v) is 6.62. The maximum atomic E-state index is 11.9. The molecule has 3 unspecified atom stereocenters. The molecular formula is C13H24N2O. The van der Waals surface area contributed by atoms with Gasteiger partial charge in [-0.15, -0.1) is 0 Å². The highest BCUT2D eigenvalue weighted by molar-refractivity contribution is 5.81. The molecule has 92 valence electrons. The van der Waals surface area contributed by atoms with E-state index in [-0.39, 0.29) is 0 Å². The van der Waals surface area contributed by atoms with Crippen molar-refractivity contribution < 1.29 is 4.79 Å². The Morgan fingerprint density at radius 3 is 2.75 bits per heavy atom. The zero-order valence-corrected chi connectivity index (χ0v) is 10.7. The molecule has 16 heavy (non-hydrogen) atoms. The van der Waals surface area contributed by atoms with Crippen LogP contribution in [0.1, 0.15) is 46.5 Å². The van der Waals surface area contributed by atoms with Crippen LogP contribution in [0.5, 0.6) is 0 Å². The van der Waals surface area contributed by atoms with Gasteiger partial charge in [-0.05, 0) is 37.5 Å². The first kappa shape index (κ1) is 11.9. The van der Waals surface area contributed by atoms with Crippen LogP contribution < -0.4 is 5.32 Å². The summed E-state index contributed by atoms with van der Waals surface area (Å²) in [7, 11) is 0. The van der Waals surface area contributed by atoms with E-state index in [1.165, 1.54) is 19.3 Å². The van der Waals surface area contributed by atoms with Gasteiger partial charge in [0.15, 0.2) is 0 Å². The zero-order valence-electron chi connectivity index (χ0n) is 10.7. The van der Waals surface area contributed by atoms with E-state index in [9.17, 15) is 4.79 Å². The average molecular weight is 224 g/mol. The minimum absolute atomic E-state index is 0.294. The highest BCUT2D eigenvalue weighted by atomic mass is 16.2. The summed E-state index contributed by atoms with van der Waals surface area (Å²) in [5.74, 6) is 1.74. The molecule has 0 aromatic carbocycles. The van der Waals surface area contributed by atoms with Gasteiger partial charge in [0.25, 0.3) is 0 Å². The van der Waals surface area contributed by atoms with E-state index in [0.717, 1.165) is 12.3 Å². The molecule has 1 amide bonds. The van der Waals surface area contributed by atoms with E-state index in [1.807, 2.05) is 0 Å². The molecule has 2 fully saturated rings. The molecule has 0 radical (unpaired) electrons. The Hall–Kier alpha value is -0.570. The van der Waals surface area contributed by atoms with Gasteiger partial charge in [0.2, 0.25) is 5.91 Å². The molecule has 3 nitrogen and oxygen atoms in total. The summed E-state index contributed by atoms with van der Waals surface area (Å²) >= 11 is 0. The van der Waals surface area contributed by atoms with Crippen LogP contribution >= 0.6 is 0 Å². The monoisotopic (exact) mass is 224 g/mol. The number of hydrogen-bond donors (Lipinski definition) is 1.